The monoisotopic (exact) mass is 251 g/mol. The summed E-state index contributed by atoms with van der Waals surface area (Å²) < 4.78 is 5.12. The van der Waals surface area contributed by atoms with Crippen LogP contribution >= 0.6 is 0 Å². The van der Waals surface area contributed by atoms with Crippen molar-refractivity contribution >= 4 is 0 Å². The smallest absolute Gasteiger partial charge is 0.118 e. The predicted octanol–water partition coefficient (Wildman–Crippen LogP) is 2.90. The highest BCUT2D eigenvalue weighted by Crippen LogP contribution is 2.23. The molecule has 0 saturated carbocycles. The summed E-state index contributed by atoms with van der Waals surface area (Å²) in [6, 6.07) is 7.64. The van der Waals surface area contributed by atoms with Gasteiger partial charge in [-0.15, -0.1) is 0 Å². The molecule has 0 aliphatic heterocycles. The van der Waals surface area contributed by atoms with Crippen molar-refractivity contribution in [1.29, 1.82) is 0 Å². The number of ether oxygens (including phenoxy) is 1. The molecule has 102 valence electrons. The molecule has 0 heterocycles. The van der Waals surface area contributed by atoms with Crippen molar-refractivity contribution in [1.82, 2.24) is 5.32 Å². The maximum absolute atomic E-state index is 10.4. The first-order valence-corrected chi connectivity index (χ1v) is 6.47. The molecule has 3 heteroatoms. The summed E-state index contributed by atoms with van der Waals surface area (Å²) in [4.78, 5) is 0. The van der Waals surface area contributed by atoms with E-state index in [0.29, 0.717) is 0 Å². The number of nitrogens with one attached hydrogen (secondary N) is 1. The number of rotatable bonds is 5. The second-order valence-corrected chi connectivity index (χ2v) is 5.63. The third-order valence-electron chi connectivity index (χ3n) is 2.90. The molecule has 0 spiro atoms. The van der Waals surface area contributed by atoms with Gasteiger partial charge < -0.3 is 15.2 Å². The van der Waals surface area contributed by atoms with Gasteiger partial charge in [-0.25, -0.2) is 0 Å². The number of benzene rings is 1. The van der Waals surface area contributed by atoms with Crippen LogP contribution in [0.4, 0.5) is 0 Å². The van der Waals surface area contributed by atoms with Crippen LogP contribution in [0.2, 0.25) is 0 Å². The van der Waals surface area contributed by atoms with E-state index < -0.39 is 6.10 Å². The van der Waals surface area contributed by atoms with Crippen LogP contribution in [0.3, 0.4) is 0 Å². The van der Waals surface area contributed by atoms with E-state index in [1.54, 1.807) is 7.11 Å². The molecule has 0 aliphatic carbocycles. The van der Waals surface area contributed by atoms with Gasteiger partial charge in [0.05, 0.1) is 13.2 Å². The van der Waals surface area contributed by atoms with Gasteiger partial charge in [0.15, 0.2) is 0 Å². The van der Waals surface area contributed by atoms with Gasteiger partial charge in [0.1, 0.15) is 5.75 Å². The van der Waals surface area contributed by atoms with Crippen molar-refractivity contribution < 1.29 is 9.84 Å². The molecule has 0 radical (unpaired) electrons. The predicted molar refractivity (Wildman–Crippen MR) is 74.9 cm³/mol. The summed E-state index contributed by atoms with van der Waals surface area (Å²) >= 11 is 0. The Labute approximate surface area is 110 Å². The van der Waals surface area contributed by atoms with Crippen LogP contribution in [0.15, 0.2) is 24.3 Å². The minimum atomic E-state index is -0.500. The van der Waals surface area contributed by atoms with Crippen LogP contribution in [0.25, 0.3) is 0 Å². The molecular formula is C15H25NO2. The summed E-state index contributed by atoms with van der Waals surface area (Å²) in [6.45, 7) is 8.40. The van der Waals surface area contributed by atoms with Crippen LogP contribution in [-0.4, -0.2) is 23.8 Å². The summed E-state index contributed by atoms with van der Waals surface area (Å²) in [5.74, 6) is 0.808. The summed E-state index contributed by atoms with van der Waals surface area (Å²) in [6.07, 6.45) is 0.380. The zero-order chi connectivity index (χ0) is 13.8. The lowest BCUT2D eigenvalue weighted by Gasteiger charge is -2.31. The average Bonchev–Trinajstić information content (AvgIpc) is 2.34. The fourth-order valence-electron chi connectivity index (χ4n) is 1.99. The highest BCUT2D eigenvalue weighted by molar-refractivity contribution is 5.29. The zero-order valence-electron chi connectivity index (χ0n) is 12.0. The van der Waals surface area contributed by atoms with E-state index in [-0.39, 0.29) is 11.6 Å². The lowest BCUT2D eigenvalue weighted by Crippen LogP contribution is -2.46. The Morgan fingerprint density at radius 2 is 1.78 bits per heavy atom. The van der Waals surface area contributed by atoms with E-state index in [0.717, 1.165) is 17.7 Å². The molecule has 2 N–H and O–H groups in total. The van der Waals surface area contributed by atoms with E-state index in [9.17, 15) is 5.11 Å². The van der Waals surface area contributed by atoms with Crippen LogP contribution < -0.4 is 10.1 Å². The lowest BCUT2D eigenvalue weighted by molar-refractivity contribution is 0.111. The van der Waals surface area contributed by atoms with Gasteiger partial charge >= 0.3 is 0 Å². The maximum atomic E-state index is 10.4. The number of hydrogen-bond acceptors (Lipinski definition) is 3. The second-order valence-electron chi connectivity index (χ2n) is 5.63. The molecular weight excluding hydrogens is 226 g/mol. The third-order valence-corrected chi connectivity index (χ3v) is 2.90. The van der Waals surface area contributed by atoms with Gasteiger partial charge in [-0.3, -0.25) is 0 Å². The highest BCUT2D eigenvalue weighted by Gasteiger charge is 2.23. The molecule has 1 aromatic rings. The Kier molecular flexibility index (Phi) is 5.17. The van der Waals surface area contributed by atoms with Crippen LogP contribution in [0, 0.1) is 0 Å². The fourth-order valence-corrected chi connectivity index (χ4v) is 1.99. The van der Waals surface area contributed by atoms with Crippen LogP contribution in [0.1, 0.15) is 45.8 Å². The van der Waals surface area contributed by atoms with E-state index in [2.05, 4.69) is 33.0 Å². The SMILES string of the molecule is CCC(NC(C)(C)C)C(O)c1ccc(OC)cc1. The molecule has 1 aromatic carbocycles. The zero-order valence-corrected chi connectivity index (χ0v) is 12.0. The van der Waals surface area contributed by atoms with Gasteiger partial charge in [0.2, 0.25) is 0 Å². The molecule has 0 aromatic heterocycles. The minimum absolute atomic E-state index is 0.00583. The highest BCUT2D eigenvalue weighted by atomic mass is 16.5. The van der Waals surface area contributed by atoms with E-state index >= 15 is 0 Å². The second kappa shape index (κ2) is 6.21. The minimum Gasteiger partial charge on any atom is -0.497 e. The van der Waals surface area contributed by atoms with E-state index in [4.69, 9.17) is 4.74 Å². The first-order chi connectivity index (χ1) is 8.37. The third kappa shape index (κ3) is 4.31. The molecule has 2 atom stereocenters. The molecule has 1 rings (SSSR count). The molecule has 2 unspecified atom stereocenters. The molecule has 0 saturated heterocycles. The van der Waals surface area contributed by atoms with Crippen molar-refractivity contribution in [2.45, 2.75) is 51.8 Å². The lowest BCUT2D eigenvalue weighted by atomic mass is 9.97. The van der Waals surface area contributed by atoms with Gasteiger partial charge in [-0.1, -0.05) is 19.1 Å². The van der Waals surface area contributed by atoms with Gasteiger partial charge in [-0.2, -0.15) is 0 Å². The van der Waals surface area contributed by atoms with E-state index in [1.165, 1.54) is 0 Å². The normalized spacial score (nSPS) is 15.2. The maximum Gasteiger partial charge on any atom is 0.118 e. The van der Waals surface area contributed by atoms with Crippen LogP contribution in [0.5, 0.6) is 5.75 Å². The molecule has 0 aliphatic rings. The van der Waals surface area contributed by atoms with Crippen molar-refractivity contribution in [3.63, 3.8) is 0 Å². The Bertz CT molecular complexity index is 354. The van der Waals surface area contributed by atoms with Gasteiger partial charge in [-0.05, 0) is 44.9 Å². The Morgan fingerprint density at radius 3 is 2.17 bits per heavy atom. The van der Waals surface area contributed by atoms with Crippen molar-refractivity contribution in [2.75, 3.05) is 7.11 Å². The van der Waals surface area contributed by atoms with Gasteiger partial charge in [0.25, 0.3) is 0 Å². The number of hydrogen-bond donors (Lipinski definition) is 2. The fraction of sp³-hybridized carbons (Fsp3) is 0.600. The molecule has 0 fully saturated rings. The summed E-state index contributed by atoms with van der Waals surface area (Å²) in [5.41, 5.74) is 0.910. The topological polar surface area (TPSA) is 41.5 Å². The Hall–Kier alpha value is -1.06. The number of methoxy groups -OCH3 is 1. The molecule has 18 heavy (non-hydrogen) atoms. The Morgan fingerprint density at radius 1 is 1.22 bits per heavy atom. The standard InChI is InChI=1S/C15H25NO2/c1-6-13(16-15(2,3)4)14(17)11-7-9-12(18-5)10-8-11/h7-10,13-14,16-17H,6H2,1-5H3. The quantitative estimate of drug-likeness (QED) is 0.845. The summed E-state index contributed by atoms with van der Waals surface area (Å²) in [5, 5.41) is 13.9. The molecule has 0 bridgehead atoms. The van der Waals surface area contributed by atoms with Crippen molar-refractivity contribution in [3.05, 3.63) is 29.8 Å². The first kappa shape index (κ1) is 15.0. The number of aliphatic hydroxyl groups excluding tert-OH is 1. The number of aliphatic hydroxyl groups is 1. The van der Waals surface area contributed by atoms with Gasteiger partial charge in [0, 0.05) is 11.6 Å². The first-order valence-electron chi connectivity index (χ1n) is 6.47. The van der Waals surface area contributed by atoms with Crippen molar-refractivity contribution in [2.24, 2.45) is 0 Å². The molecule has 0 amide bonds. The van der Waals surface area contributed by atoms with E-state index in [1.807, 2.05) is 24.3 Å². The van der Waals surface area contributed by atoms with Crippen LogP contribution in [-0.2, 0) is 0 Å². The Balaban J connectivity index is 2.79. The van der Waals surface area contributed by atoms with Crippen molar-refractivity contribution in [3.8, 4) is 5.75 Å². The largest absolute Gasteiger partial charge is 0.497 e. The summed E-state index contributed by atoms with van der Waals surface area (Å²) in [7, 11) is 1.64. The molecule has 3 nitrogen and oxygen atoms in total. The average molecular weight is 251 g/mol.